The van der Waals surface area contributed by atoms with Gasteiger partial charge in [-0.05, 0) is 33.2 Å². The molecule has 1 amide bonds. The molecule has 0 radical (unpaired) electrons. The van der Waals surface area contributed by atoms with Crippen LogP contribution in [0.1, 0.15) is 31.9 Å². The van der Waals surface area contributed by atoms with Crippen molar-refractivity contribution in [3.8, 4) is 0 Å². The number of aromatic amines is 1. The van der Waals surface area contributed by atoms with Gasteiger partial charge >= 0.3 is 0 Å². The minimum atomic E-state index is -0.272. The Labute approximate surface area is 154 Å². The first-order valence-electron chi connectivity index (χ1n) is 9.25. The molecule has 8 nitrogen and oxygen atoms in total. The van der Waals surface area contributed by atoms with Crippen molar-refractivity contribution in [3.63, 3.8) is 0 Å². The van der Waals surface area contributed by atoms with Gasteiger partial charge in [-0.2, -0.15) is 0 Å². The van der Waals surface area contributed by atoms with E-state index in [-0.39, 0.29) is 29.7 Å². The molecule has 0 aromatic carbocycles. The molecule has 3 atom stereocenters. The van der Waals surface area contributed by atoms with Gasteiger partial charge in [0.1, 0.15) is 6.10 Å². The van der Waals surface area contributed by atoms with Crippen LogP contribution in [0.5, 0.6) is 0 Å². The monoisotopic (exact) mass is 363 g/mol. The number of carbonyl (C=O) groups excluding carboxylic acids is 1. The maximum atomic E-state index is 12.6. The summed E-state index contributed by atoms with van der Waals surface area (Å²) in [6, 6.07) is 1.80. The van der Waals surface area contributed by atoms with Crippen molar-refractivity contribution in [3.05, 3.63) is 22.1 Å². The first-order chi connectivity index (χ1) is 12.3. The number of ether oxygens (including phenoxy) is 1. The van der Waals surface area contributed by atoms with E-state index in [0.717, 1.165) is 31.5 Å². The van der Waals surface area contributed by atoms with Gasteiger partial charge in [0, 0.05) is 45.8 Å². The summed E-state index contributed by atoms with van der Waals surface area (Å²) in [6.45, 7) is 4.06. The SMILES string of the molecule is C[C@@H]1CC[C@H](C(=O)N2CC[C@H](N(C)Cc3cc(=O)[nH]c(N(C)C)n3)C2)O1. The molecule has 2 saturated heterocycles. The van der Waals surface area contributed by atoms with E-state index in [1.807, 2.05) is 33.0 Å². The average Bonchev–Trinajstić information content (AvgIpc) is 3.22. The Bertz CT molecular complexity index is 704. The summed E-state index contributed by atoms with van der Waals surface area (Å²) in [7, 11) is 5.71. The Morgan fingerprint density at radius 2 is 2.12 bits per heavy atom. The maximum absolute atomic E-state index is 12.6. The molecule has 0 spiro atoms. The highest BCUT2D eigenvalue weighted by Gasteiger charge is 2.36. The zero-order valence-corrected chi connectivity index (χ0v) is 16.1. The lowest BCUT2D eigenvalue weighted by atomic mass is 10.2. The lowest BCUT2D eigenvalue weighted by Crippen LogP contribution is -2.40. The van der Waals surface area contributed by atoms with Crippen molar-refractivity contribution in [1.82, 2.24) is 19.8 Å². The van der Waals surface area contributed by atoms with Crippen molar-refractivity contribution in [1.29, 1.82) is 0 Å². The summed E-state index contributed by atoms with van der Waals surface area (Å²) < 4.78 is 5.72. The number of likely N-dealkylation sites (N-methyl/N-ethyl adjacent to an activating group) is 1. The van der Waals surface area contributed by atoms with E-state index in [2.05, 4.69) is 14.9 Å². The van der Waals surface area contributed by atoms with Crippen LogP contribution in [0.3, 0.4) is 0 Å². The Kier molecular flexibility index (Phi) is 5.62. The average molecular weight is 363 g/mol. The second-order valence-corrected chi connectivity index (χ2v) is 7.61. The first-order valence-corrected chi connectivity index (χ1v) is 9.25. The third kappa shape index (κ3) is 4.24. The predicted octanol–water partition coefficient (Wildman–Crippen LogP) is 0.436. The third-order valence-electron chi connectivity index (χ3n) is 5.22. The van der Waals surface area contributed by atoms with Gasteiger partial charge in [-0.1, -0.05) is 0 Å². The molecule has 2 aliphatic heterocycles. The fraction of sp³-hybridized carbons (Fsp3) is 0.722. The van der Waals surface area contributed by atoms with Crippen LogP contribution in [0.25, 0.3) is 0 Å². The lowest BCUT2D eigenvalue weighted by Gasteiger charge is -2.25. The maximum Gasteiger partial charge on any atom is 0.252 e. The van der Waals surface area contributed by atoms with Crippen molar-refractivity contribution >= 4 is 11.9 Å². The summed E-state index contributed by atoms with van der Waals surface area (Å²) >= 11 is 0. The van der Waals surface area contributed by atoms with E-state index >= 15 is 0 Å². The van der Waals surface area contributed by atoms with E-state index < -0.39 is 0 Å². The highest BCUT2D eigenvalue weighted by molar-refractivity contribution is 5.81. The largest absolute Gasteiger partial charge is 0.365 e. The van der Waals surface area contributed by atoms with E-state index in [4.69, 9.17) is 4.74 Å². The molecule has 3 heterocycles. The molecule has 144 valence electrons. The van der Waals surface area contributed by atoms with Gasteiger partial charge in [0.15, 0.2) is 0 Å². The molecular formula is C18H29N5O3. The van der Waals surface area contributed by atoms with Crippen molar-refractivity contribution in [2.75, 3.05) is 39.1 Å². The van der Waals surface area contributed by atoms with Gasteiger partial charge in [0.05, 0.1) is 11.8 Å². The van der Waals surface area contributed by atoms with Crippen LogP contribution in [-0.2, 0) is 16.1 Å². The van der Waals surface area contributed by atoms with Crippen LogP contribution >= 0.6 is 0 Å². The van der Waals surface area contributed by atoms with Crippen LogP contribution < -0.4 is 10.5 Å². The topological polar surface area (TPSA) is 81.8 Å². The highest BCUT2D eigenvalue weighted by Crippen LogP contribution is 2.24. The summed E-state index contributed by atoms with van der Waals surface area (Å²) in [5.74, 6) is 0.672. The second-order valence-electron chi connectivity index (χ2n) is 7.61. The minimum absolute atomic E-state index is 0.120. The molecule has 2 fully saturated rings. The molecule has 0 saturated carbocycles. The summed E-state index contributed by atoms with van der Waals surface area (Å²) in [4.78, 5) is 37.5. The van der Waals surface area contributed by atoms with Gasteiger partial charge in [0.2, 0.25) is 5.95 Å². The van der Waals surface area contributed by atoms with Gasteiger partial charge in [0.25, 0.3) is 11.5 Å². The predicted molar refractivity (Wildman–Crippen MR) is 99.2 cm³/mol. The Hall–Kier alpha value is -1.93. The zero-order valence-electron chi connectivity index (χ0n) is 16.1. The number of rotatable bonds is 5. The number of carbonyl (C=O) groups is 1. The number of nitrogens with zero attached hydrogens (tertiary/aromatic N) is 4. The van der Waals surface area contributed by atoms with E-state index in [0.29, 0.717) is 19.0 Å². The van der Waals surface area contributed by atoms with Gasteiger partial charge in [-0.15, -0.1) is 0 Å². The normalized spacial score (nSPS) is 25.9. The quantitative estimate of drug-likeness (QED) is 0.817. The second kappa shape index (κ2) is 7.75. The highest BCUT2D eigenvalue weighted by atomic mass is 16.5. The van der Waals surface area contributed by atoms with Crippen LogP contribution in [0, 0.1) is 0 Å². The molecule has 0 aliphatic carbocycles. The third-order valence-corrected chi connectivity index (χ3v) is 5.22. The molecule has 26 heavy (non-hydrogen) atoms. The molecule has 1 aromatic rings. The number of anilines is 1. The molecule has 8 heteroatoms. The lowest BCUT2D eigenvalue weighted by molar-refractivity contribution is -0.141. The van der Waals surface area contributed by atoms with Crippen LogP contribution in [0.4, 0.5) is 5.95 Å². The Morgan fingerprint density at radius 3 is 2.77 bits per heavy atom. The molecule has 0 unspecified atom stereocenters. The Morgan fingerprint density at radius 1 is 1.35 bits per heavy atom. The van der Waals surface area contributed by atoms with E-state index in [1.54, 1.807) is 4.90 Å². The number of nitrogens with one attached hydrogen (secondary N) is 1. The number of amides is 1. The molecule has 2 aliphatic rings. The number of aromatic nitrogens is 2. The van der Waals surface area contributed by atoms with Crippen molar-refractivity contribution in [2.24, 2.45) is 0 Å². The molecule has 1 N–H and O–H groups in total. The zero-order chi connectivity index (χ0) is 18.8. The first kappa shape index (κ1) is 18.8. The molecule has 1 aromatic heterocycles. The van der Waals surface area contributed by atoms with Crippen molar-refractivity contribution in [2.45, 2.75) is 51.0 Å². The fourth-order valence-corrected chi connectivity index (χ4v) is 3.66. The molecular weight excluding hydrogens is 334 g/mol. The standard InChI is InChI=1S/C18H29N5O3/c1-12-5-6-15(26-12)17(25)23-8-7-14(11-23)22(4)10-13-9-16(24)20-18(19-13)21(2)3/h9,12,14-15H,5-8,10-11H2,1-4H3,(H,19,20,24)/t12-,14+,15-/m1/s1. The summed E-state index contributed by atoms with van der Waals surface area (Å²) in [5.41, 5.74) is 0.584. The van der Waals surface area contributed by atoms with Gasteiger partial charge in [-0.25, -0.2) is 4.98 Å². The number of hydrogen-bond acceptors (Lipinski definition) is 6. The van der Waals surface area contributed by atoms with E-state index in [1.165, 1.54) is 6.07 Å². The number of likely N-dealkylation sites (tertiary alicyclic amines) is 1. The minimum Gasteiger partial charge on any atom is -0.365 e. The van der Waals surface area contributed by atoms with Gasteiger partial charge in [-0.3, -0.25) is 19.5 Å². The Balaban J connectivity index is 1.59. The van der Waals surface area contributed by atoms with Gasteiger partial charge < -0.3 is 14.5 Å². The fourth-order valence-electron chi connectivity index (χ4n) is 3.66. The summed E-state index contributed by atoms with van der Waals surface area (Å²) in [5, 5.41) is 0. The number of hydrogen-bond donors (Lipinski definition) is 1. The molecule has 0 bridgehead atoms. The van der Waals surface area contributed by atoms with Crippen LogP contribution in [0.2, 0.25) is 0 Å². The smallest absolute Gasteiger partial charge is 0.252 e. The van der Waals surface area contributed by atoms with Crippen molar-refractivity contribution < 1.29 is 9.53 Å². The van der Waals surface area contributed by atoms with Crippen LogP contribution in [-0.4, -0.2) is 78.2 Å². The van der Waals surface area contributed by atoms with E-state index in [9.17, 15) is 9.59 Å². The molecule has 3 rings (SSSR count). The number of H-pyrrole nitrogens is 1. The summed E-state index contributed by atoms with van der Waals surface area (Å²) in [6.07, 6.45) is 2.61. The van der Waals surface area contributed by atoms with Crippen LogP contribution in [0.15, 0.2) is 10.9 Å².